The second-order valence-electron chi connectivity index (χ2n) is 4.09. The van der Waals surface area contributed by atoms with Crippen LogP contribution in [-0.2, 0) is 16.6 Å². The lowest BCUT2D eigenvalue weighted by Gasteiger charge is -2.22. The maximum absolute atomic E-state index is 10.7. The Labute approximate surface area is 113 Å². The monoisotopic (exact) mass is 274 g/mol. The number of hydrogen-bond donors (Lipinski definition) is 0. The van der Waals surface area contributed by atoms with Gasteiger partial charge in [-0.05, 0) is 16.8 Å². The standard InChI is InChI=1S/C15H15OPS/c16-12-7-13-17(18,14-8-3-1-4-9-14)15-10-5-2-6-11-15/h1-6,8-12H,7,13H2. The summed E-state index contributed by atoms with van der Waals surface area (Å²) in [4.78, 5) is 10.7. The molecule has 0 spiro atoms. The van der Waals surface area contributed by atoms with E-state index < -0.39 is 6.04 Å². The molecule has 0 N–H and O–H groups in total. The van der Waals surface area contributed by atoms with Crippen LogP contribution in [0.3, 0.4) is 0 Å². The summed E-state index contributed by atoms with van der Waals surface area (Å²) in [5.74, 6) is 0. The van der Waals surface area contributed by atoms with Crippen molar-refractivity contribution in [1.29, 1.82) is 0 Å². The van der Waals surface area contributed by atoms with Crippen molar-refractivity contribution in [3.8, 4) is 0 Å². The molecule has 92 valence electrons. The topological polar surface area (TPSA) is 17.1 Å². The van der Waals surface area contributed by atoms with Gasteiger partial charge in [-0.1, -0.05) is 72.5 Å². The smallest absolute Gasteiger partial charge is 0.120 e. The first-order chi connectivity index (χ1) is 8.77. The Kier molecular flexibility index (Phi) is 4.46. The first-order valence-corrected chi connectivity index (χ1v) is 8.90. The second-order valence-corrected chi connectivity index (χ2v) is 8.92. The first-order valence-electron chi connectivity index (χ1n) is 5.91. The molecular weight excluding hydrogens is 259 g/mol. The van der Waals surface area contributed by atoms with Crippen molar-refractivity contribution in [3.05, 3.63) is 60.7 Å². The van der Waals surface area contributed by atoms with Gasteiger partial charge in [0.25, 0.3) is 0 Å². The Morgan fingerprint density at radius 2 is 1.33 bits per heavy atom. The van der Waals surface area contributed by atoms with Gasteiger partial charge >= 0.3 is 0 Å². The molecule has 1 nitrogen and oxygen atoms in total. The summed E-state index contributed by atoms with van der Waals surface area (Å²) in [7, 11) is 0. The van der Waals surface area contributed by atoms with Crippen LogP contribution < -0.4 is 10.6 Å². The van der Waals surface area contributed by atoms with Crippen molar-refractivity contribution in [2.45, 2.75) is 6.42 Å². The molecule has 0 unspecified atom stereocenters. The van der Waals surface area contributed by atoms with Crippen LogP contribution in [0.1, 0.15) is 6.42 Å². The molecule has 0 aromatic heterocycles. The Hall–Kier alpha value is -1.24. The molecule has 0 aliphatic heterocycles. The zero-order valence-electron chi connectivity index (χ0n) is 10.0. The van der Waals surface area contributed by atoms with Gasteiger partial charge in [0.05, 0.1) is 0 Å². The number of hydrogen-bond acceptors (Lipinski definition) is 2. The van der Waals surface area contributed by atoms with Crippen molar-refractivity contribution >= 4 is 34.7 Å². The van der Waals surface area contributed by atoms with E-state index >= 15 is 0 Å². The van der Waals surface area contributed by atoms with Crippen molar-refractivity contribution < 1.29 is 4.79 Å². The van der Waals surface area contributed by atoms with Crippen LogP contribution in [0, 0.1) is 0 Å². The Morgan fingerprint density at radius 3 is 1.72 bits per heavy atom. The summed E-state index contributed by atoms with van der Waals surface area (Å²) in [6.45, 7) is 0. The maximum Gasteiger partial charge on any atom is 0.120 e. The van der Waals surface area contributed by atoms with Gasteiger partial charge in [-0.2, -0.15) is 0 Å². The Bertz CT molecular complexity index is 508. The Morgan fingerprint density at radius 1 is 0.889 bits per heavy atom. The fourth-order valence-electron chi connectivity index (χ4n) is 1.98. The quantitative estimate of drug-likeness (QED) is 0.616. The molecule has 0 bridgehead atoms. The lowest BCUT2D eigenvalue weighted by Crippen LogP contribution is -2.18. The molecule has 0 saturated carbocycles. The van der Waals surface area contributed by atoms with E-state index in [-0.39, 0.29) is 0 Å². The highest BCUT2D eigenvalue weighted by Gasteiger charge is 2.21. The zero-order chi connectivity index (χ0) is 12.8. The third-order valence-corrected chi connectivity index (χ3v) is 7.87. The van der Waals surface area contributed by atoms with E-state index in [1.54, 1.807) is 0 Å². The SMILES string of the molecule is O=CCCP(=S)(c1ccccc1)c1ccccc1. The molecule has 0 aliphatic carbocycles. The normalized spacial score (nSPS) is 11.1. The van der Waals surface area contributed by atoms with Gasteiger partial charge in [-0.15, -0.1) is 0 Å². The first kappa shape index (κ1) is 13.2. The molecule has 0 amide bonds. The van der Waals surface area contributed by atoms with E-state index in [4.69, 9.17) is 11.8 Å². The molecule has 0 heterocycles. The van der Waals surface area contributed by atoms with Crippen molar-refractivity contribution in [3.63, 3.8) is 0 Å². The lowest BCUT2D eigenvalue weighted by atomic mass is 10.4. The summed E-state index contributed by atoms with van der Waals surface area (Å²) < 4.78 is 0. The predicted octanol–water partition coefficient (Wildman–Crippen LogP) is 2.71. The largest absolute Gasteiger partial charge is 0.303 e. The molecule has 2 aromatic rings. The minimum Gasteiger partial charge on any atom is -0.303 e. The number of rotatable bonds is 5. The minimum absolute atomic E-state index is 0.529. The van der Waals surface area contributed by atoms with Crippen LogP contribution in [0.5, 0.6) is 0 Å². The van der Waals surface area contributed by atoms with Crippen LogP contribution in [0.4, 0.5) is 0 Å². The van der Waals surface area contributed by atoms with E-state index in [1.165, 1.54) is 10.6 Å². The van der Waals surface area contributed by atoms with Gasteiger partial charge in [0.1, 0.15) is 6.29 Å². The fourth-order valence-corrected chi connectivity index (χ4v) is 5.62. The van der Waals surface area contributed by atoms with Crippen LogP contribution in [0.2, 0.25) is 0 Å². The molecule has 0 fully saturated rings. The highest BCUT2D eigenvalue weighted by molar-refractivity contribution is 8.21. The third kappa shape index (κ3) is 2.77. The van der Waals surface area contributed by atoms with Crippen molar-refractivity contribution in [2.24, 2.45) is 0 Å². The summed E-state index contributed by atoms with van der Waals surface area (Å²) >= 11 is 5.95. The van der Waals surface area contributed by atoms with Gasteiger partial charge < -0.3 is 4.79 Å². The zero-order valence-corrected chi connectivity index (χ0v) is 11.7. The summed E-state index contributed by atoms with van der Waals surface area (Å²) in [6.07, 6.45) is 2.26. The molecule has 18 heavy (non-hydrogen) atoms. The summed E-state index contributed by atoms with van der Waals surface area (Å²) in [5.41, 5.74) is 0. The molecular formula is C15H15OPS. The molecule has 0 saturated heterocycles. The summed E-state index contributed by atoms with van der Waals surface area (Å²) in [6, 6.07) is 18.5. The molecule has 2 rings (SSSR count). The second kappa shape index (κ2) is 6.08. The van der Waals surface area contributed by atoms with Gasteiger partial charge in [0, 0.05) is 12.5 Å². The number of carbonyl (C=O) groups excluding carboxylic acids is 1. The maximum atomic E-state index is 10.7. The molecule has 3 heteroatoms. The number of aldehydes is 1. The Balaban J connectivity index is 2.48. The van der Waals surface area contributed by atoms with E-state index in [2.05, 4.69) is 24.3 Å². The molecule has 2 aromatic carbocycles. The van der Waals surface area contributed by atoms with Crippen LogP contribution in [0.25, 0.3) is 0 Å². The lowest BCUT2D eigenvalue weighted by molar-refractivity contribution is -0.107. The fraction of sp³-hybridized carbons (Fsp3) is 0.133. The highest BCUT2D eigenvalue weighted by atomic mass is 32.4. The average Bonchev–Trinajstić information content (AvgIpc) is 2.46. The third-order valence-electron chi connectivity index (χ3n) is 2.91. The van der Waals surface area contributed by atoms with E-state index in [9.17, 15) is 4.79 Å². The van der Waals surface area contributed by atoms with Crippen LogP contribution >= 0.6 is 6.04 Å². The molecule has 0 aliphatic rings. The number of benzene rings is 2. The van der Waals surface area contributed by atoms with E-state index in [0.717, 1.165) is 12.4 Å². The minimum atomic E-state index is -1.84. The van der Waals surface area contributed by atoms with E-state index in [1.807, 2.05) is 36.4 Å². The van der Waals surface area contributed by atoms with Crippen molar-refractivity contribution in [1.82, 2.24) is 0 Å². The molecule has 0 atom stereocenters. The van der Waals surface area contributed by atoms with Gasteiger partial charge in [0.15, 0.2) is 0 Å². The highest BCUT2D eigenvalue weighted by Crippen LogP contribution is 2.43. The predicted molar refractivity (Wildman–Crippen MR) is 82.0 cm³/mol. The van der Waals surface area contributed by atoms with Gasteiger partial charge in [-0.3, -0.25) is 0 Å². The van der Waals surface area contributed by atoms with Crippen LogP contribution in [-0.4, -0.2) is 12.4 Å². The van der Waals surface area contributed by atoms with E-state index in [0.29, 0.717) is 6.42 Å². The van der Waals surface area contributed by atoms with Gasteiger partial charge in [-0.25, -0.2) is 0 Å². The molecule has 0 radical (unpaired) electrons. The summed E-state index contributed by atoms with van der Waals surface area (Å²) in [5, 5.41) is 2.38. The number of carbonyl (C=O) groups is 1. The van der Waals surface area contributed by atoms with Gasteiger partial charge in [0.2, 0.25) is 0 Å². The average molecular weight is 274 g/mol. The van der Waals surface area contributed by atoms with Crippen LogP contribution in [0.15, 0.2) is 60.7 Å². The van der Waals surface area contributed by atoms with Crippen molar-refractivity contribution in [2.75, 3.05) is 6.16 Å².